The number of piperidine rings is 1. The maximum absolute atomic E-state index is 12.2. The molecule has 1 aromatic rings. The number of carbonyl (C=O) groups excluding carboxylic acids is 2. The summed E-state index contributed by atoms with van der Waals surface area (Å²) < 4.78 is 0. The van der Waals surface area contributed by atoms with Crippen molar-refractivity contribution in [3.63, 3.8) is 0 Å². The molecule has 2 amide bonds. The molecule has 0 radical (unpaired) electrons. The Kier molecular flexibility index (Phi) is 5.22. The van der Waals surface area contributed by atoms with Gasteiger partial charge in [-0.1, -0.05) is 11.6 Å². The number of aromatic nitrogens is 2. The molecular weight excluding hydrogens is 292 g/mol. The topological polar surface area (TPSA) is 69.3 Å². The molecule has 0 aromatic carbocycles. The monoisotopic (exact) mass is 312 g/mol. The van der Waals surface area contributed by atoms with Crippen molar-refractivity contribution in [1.29, 1.82) is 0 Å². The summed E-state index contributed by atoms with van der Waals surface area (Å²) >= 11 is 5.75. The van der Waals surface area contributed by atoms with Crippen LogP contribution < -0.4 is 0 Å². The smallest absolute Gasteiger partial charge is 0.223 e. The largest absolute Gasteiger partial charge is 0.343 e. The molecule has 6 nitrogen and oxygen atoms in total. The Hall–Kier alpha value is -1.56. The van der Waals surface area contributed by atoms with Crippen LogP contribution in [0.5, 0.6) is 0 Å². The molecule has 1 aromatic heterocycles. The molecule has 1 fully saturated rings. The third kappa shape index (κ3) is 4.20. The van der Waals surface area contributed by atoms with E-state index in [1.807, 2.05) is 11.9 Å². The van der Waals surface area contributed by atoms with Crippen LogP contribution in [-0.2, 0) is 16.0 Å². The summed E-state index contributed by atoms with van der Waals surface area (Å²) in [5.41, 5.74) is 0. The number of hydrogen-bond donors (Lipinski definition) is 1. The number of hydrogen-bond acceptors (Lipinski definition) is 3. The van der Waals surface area contributed by atoms with Gasteiger partial charge in [-0.2, -0.15) is 0 Å². The summed E-state index contributed by atoms with van der Waals surface area (Å²) in [5.74, 6) is 0.945. The van der Waals surface area contributed by atoms with Gasteiger partial charge in [0.15, 0.2) is 0 Å². The normalized spacial score (nSPS) is 16.0. The number of carbonyl (C=O) groups is 2. The molecule has 1 aliphatic rings. The summed E-state index contributed by atoms with van der Waals surface area (Å²) in [4.78, 5) is 34.1. The third-order valence-electron chi connectivity index (χ3n) is 4.03. The van der Waals surface area contributed by atoms with Crippen LogP contribution in [0.25, 0.3) is 0 Å². The van der Waals surface area contributed by atoms with Gasteiger partial charge in [0, 0.05) is 45.9 Å². The Bertz CT molecular complexity index is 509. The first kappa shape index (κ1) is 15.8. The number of nitrogens with one attached hydrogen (secondary N) is 1. The Morgan fingerprint density at radius 1 is 1.48 bits per heavy atom. The van der Waals surface area contributed by atoms with Gasteiger partial charge < -0.3 is 14.8 Å². The molecule has 1 aliphatic heterocycles. The maximum atomic E-state index is 12.2. The van der Waals surface area contributed by atoms with Gasteiger partial charge in [-0.15, -0.1) is 0 Å². The van der Waals surface area contributed by atoms with Crippen LogP contribution in [0.15, 0.2) is 6.20 Å². The second kappa shape index (κ2) is 6.93. The first-order valence-electron chi connectivity index (χ1n) is 7.18. The van der Waals surface area contributed by atoms with Crippen LogP contribution in [0.2, 0.25) is 5.15 Å². The van der Waals surface area contributed by atoms with Crippen molar-refractivity contribution >= 4 is 23.4 Å². The average Bonchev–Trinajstić information content (AvgIpc) is 2.89. The number of nitrogens with zero attached hydrogens (tertiary/aromatic N) is 3. The number of aryl methyl sites for hydroxylation is 1. The lowest BCUT2D eigenvalue weighted by Gasteiger charge is -2.36. The number of likely N-dealkylation sites (tertiary alicyclic amines) is 1. The van der Waals surface area contributed by atoms with E-state index in [-0.39, 0.29) is 17.9 Å². The zero-order chi connectivity index (χ0) is 15.4. The number of halogens is 1. The molecule has 21 heavy (non-hydrogen) atoms. The minimum absolute atomic E-state index is 0.0782. The minimum Gasteiger partial charge on any atom is -0.343 e. The van der Waals surface area contributed by atoms with Crippen molar-refractivity contribution in [2.45, 2.75) is 38.6 Å². The van der Waals surface area contributed by atoms with Crippen LogP contribution in [-0.4, -0.2) is 57.8 Å². The van der Waals surface area contributed by atoms with Crippen LogP contribution in [0.4, 0.5) is 0 Å². The molecule has 0 unspecified atom stereocenters. The standard InChI is InChI=1S/C14H21ClN4O2/c1-10(20)18(2)11-5-7-19(8-6-11)14(21)4-3-13-16-9-12(15)17-13/h9,11H,3-8H2,1-2H3,(H,16,17). The van der Waals surface area contributed by atoms with E-state index in [2.05, 4.69) is 9.97 Å². The lowest BCUT2D eigenvalue weighted by Crippen LogP contribution is -2.46. The highest BCUT2D eigenvalue weighted by atomic mass is 35.5. The van der Waals surface area contributed by atoms with E-state index >= 15 is 0 Å². The first-order chi connectivity index (χ1) is 9.97. The molecule has 116 valence electrons. The van der Waals surface area contributed by atoms with Gasteiger partial charge in [0.05, 0.1) is 6.20 Å². The Labute approximate surface area is 129 Å². The molecule has 2 rings (SSSR count). The van der Waals surface area contributed by atoms with Crippen molar-refractivity contribution < 1.29 is 9.59 Å². The summed E-state index contributed by atoms with van der Waals surface area (Å²) in [5, 5.41) is 0.491. The van der Waals surface area contributed by atoms with Gasteiger partial charge in [0.1, 0.15) is 11.0 Å². The van der Waals surface area contributed by atoms with Gasteiger partial charge in [-0.05, 0) is 12.8 Å². The number of aromatic amines is 1. The molecule has 1 saturated heterocycles. The Morgan fingerprint density at radius 3 is 2.67 bits per heavy atom. The molecule has 2 heterocycles. The molecule has 0 spiro atoms. The summed E-state index contributed by atoms with van der Waals surface area (Å²) in [6.07, 6.45) is 4.23. The summed E-state index contributed by atoms with van der Waals surface area (Å²) in [6, 6.07) is 0.246. The van der Waals surface area contributed by atoms with Crippen molar-refractivity contribution in [1.82, 2.24) is 19.8 Å². The van der Waals surface area contributed by atoms with Crippen LogP contribution in [0.1, 0.15) is 32.0 Å². The number of H-pyrrole nitrogens is 1. The van der Waals surface area contributed by atoms with E-state index in [0.29, 0.717) is 31.1 Å². The molecule has 0 atom stereocenters. The van der Waals surface area contributed by atoms with Crippen molar-refractivity contribution in [3.8, 4) is 0 Å². The fourth-order valence-corrected chi connectivity index (χ4v) is 2.77. The predicted octanol–water partition coefficient (Wildman–Crippen LogP) is 1.46. The van der Waals surface area contributed by atoms with Crippen molar-refractivity contribution in [2.24, 2.45) is 0 Å². The predicted molar refractivity (Wildman–Crippen MR) is 80.0 cm³/mol. The number of rotatable bonds is 4. The van der Waals surface area contributed by atoms with E-state index in [1.54, 1.807) is 18.0 Å². The Morgan fingerprint density at radius 2 is 2.14 bits per heavy atom. The summed E-state index contributed by atoms with van der Waals surface area (Å²) in [6.45, 7) is 2.99. The highest BCUT2D eigenvalue weighted by Crippen LogP contribution is 2.16. The van der Waals surface area contributed by atoms with Crippen molar-refractivity contribution in [3.05, 3.63) is 17.2 Å². The second-order valence-corrected chi connectivity index (χ2v) is 5.83. The van der Waals surface area contributed by atoms with Gasteiger partial charge >= 0.3 is 0 Å². The molecule has 0 bridgehead atoms. The van der Waals surface area contributed by atoms with E-state index in [4.69, 9.17) is 11.6 Å². The molecular formula is C14H21ClN4O2. The first-order valence-corrected chi connectivity index (χ1v) is 7.55. The van der Waals surface area contributed by atoms with Crippen LogP contribution in [0.3, 0.4) is 0 Å². The third-order valence-corrected chi connectivity index (χ3v) is 4.23. The van der Waals surface area contributed by atoms with E-state index in [9.17, 15) is 9.59 Å². The van der Waals surface area contributed by atoms with Crippen LogP contribution >= 0.6 is 11.6 Å². The minimum atomic E-state index is 0.0782. The van der Waals surface area contributed by atoms with Gasteiger partial charge in [0.25, 0.3) is 0 Å². The molecule has 0 aliphatic carbocycles. The lowest BCUT2D eigenvalue weighted by atomic mass is 10.0. The highest BCUT2D eigenvalue weighted by Gasteiger charge is 2.26. The highest BCUT2D eigenvalue weighted by molar-refractivity contribution is 6.29. The lowest BCUT2D eigenvalue weighted by molar-refractivity contribution is -0.134. The fraction of sp³-hybridized carbons (Fsp3) is 0.643. The molecule has 1 N–H and O–H groups in total. The quantitative estimate of drug-likeness (QED) is 0.915. The molecule has 0 saturated carbocycles. The SMILES string of the molecule is CC(=O)N(C)C1CCN(C(=O)CCc2ncc(Cl)[nH]2)CC1. The summed E-state index contributed by atoms with van der Waals surface area (Å²) in [7, 11) is 1.82. The Balaban J connectivity index is 1.76. The number of amides is 2. The van der Waals surface area contributed by atoms with E-state index in [0.717, 1.165) is 18.7 Å². The number of imidazole rings is 1. The molecule has 7 heteroatoms. The van der Waals surface area contributed by atoms with Gasteiger partial charge in [0.2, 0.25) is 11.8 Å². The van der Waals surface area contributed by atoms with Crippen LogP contribution in [0, 0.1) is 0 Å². The van der Waals surface area contributed by atoms with E-state index in [1.165, 1.54) is 0 Å². The van der Waals surface area contributed by atoms with Gasteiger partial charge in [-0.25, -0.2) is 4.98 Å². The second-order valence-electron chi connectivity index (χ2n) is 5.42. The fourth-order valence-electron chi connectivity index (χ4n) is 2.61. The van der Waals surface area contributed by atoms with Gasteiger partial charge in [-0.3, -0.25) is 9.59 Å². The maximum Gasteiger partial charge on any atom is 0.223 e. The van der Waals surface area contributed by atoms with Crippen molar-refractivity contribution in [2.75, 3.05) is 20.1 Å². The zero-order valence-corrected chi connectivity index (χ0v) is 13.2. The van der Waals surface area contributed by atoms with E-state index < -0.39 is 0 Å². The average molecular weight is 313 g/mol. The zero-order valence-electron chi connectivity index (χ0n) is 12.4.